The van der Waals surface area contributed by atoms with E-state index in [1.807, 2.05) is 36.4 Å². The van der Waals surface area contributed by atoms with Gasteiger partial charge in [0.1, 0.15) is 5.82 Å². The molecule has 26 heavy (non-hydrogen) atoms. The standard InChI is InChI=1S/C22H23FOP2/c1-24-12-20-11-18(7-8-19(20)14-26)16-3-5-17(6-4-16)21-9-2-15(13-25)10-22(21)23/h2-11H,12-14,25-26H2,1H3. The number of methoxy groups -OCH3 is 1. The molecule has 2 unspecified atom stereocenters. The minimum atomic E-state index is -0.176. The lowest BCUT2D eigenvalue weighted by molar-refractivity contribution is 0.184. The van der Waals surface area contributed by atoms with Crippen molar-refractivity contribution in [3.8, 4) is 22.3 Å². The fraction of sp³-hybridized carbons (Fsp3) is 0.182. The smallest absolute Gasteiger partial charge is 0.131 e. The summed E-state index contributed by atoms with van der Waals surface area (Å²) in [4.78, 5) is 0. The van der Waals surface area contributed by atoms with Crippen molar-refractivity contribution >= 4 is 18.5 Å². The SMILES string of the molecule is COCc1cc(-c2ccc(-c3ccc(CP)cc3F)cc2)ccc1CP. The number of hydrogen-bond acceptors (Lipinski definition) is 1. The maximum Gasteiger partial charge on any atom is 0.131 e. The van der Waals surface area contributed by atoms with E-state index in [2.05, 4.69) is 36.7 Å². The Morgan fingerprint density at radius 1 is 0.769 bits per heavy atom. The number of rotatable bonds is 6. The van der Waals surface area contributed by atoms with Crippen LogP contribution in [-0.2, 0) is 23.7 Å². The van der Waals surface area contributed by atoms with Gasteiger partial charge in [-0.05, 0) is 57.8 Å². The molecule has 0 spiro atoms. The predicted molar refractivity (Wildman–Crippen MR) is 115 cm³/mol. The molecule has 134 valence electrons. The fourth-order valence-corrected chi connectivity index (χ4v) is 3.71. The van der Waals surface area contributed by atoms with Crippen molar-refractivity contribution in [1.29, 1.82) is 0 Å². The molecule has 0 heterocycles. The van der Waals surface area contributed by atoms with Gasteiger partial charge in [0, 0.05) is 12.7 Å². The summed E-state index contributed by atoms with van der Waals surface area (Å²) < 4.78 is 19.7. The predicted octanol–water partition coefficient (Wildman–Crippen LogP) is 6.06. The summed E-state index contributed by atoms with van der Waals surface area (Å²) in [5, 5.41) is 0. The summed E-state index contributed by atoms with van der Waals surface area (Å²) >= 11 is 0. The monoisotopic (exact) mass is 384 g/mol. The van der Waals surface area contributed by atoms with Gasteiger partial charge in [0.2, 0.25) is 0 Å². The molecule has 0 bridgehead atoms. The third-order valence-electron chi connectivity index (χ3n) is 4.52. The van der Waals surface area contributed by atoms with Gasteiger partial charge in [0.15, 0.2) is 0 Å². The van der Waals surface area contributed by atoms with Gasteiger partial charge in [-0.3, -0.25) is 0 Å². The Kier molecular flexibility index (Phi) is 6.54. The summed E-state index contributed by atoms with van der Waals surface area (Å²) in [6.45, 7) is 0.600. The van der Waals surface area contributed by atoms with Gasteiger partial charge in [-0.15, -0.1) is 18.5 Å². The fourth-order valence-electron chi connectivity index (χ4n) is 3.06. The van der Waals surface area contributed by atoms with Gasteiger partial charge in [-0.25, -0.2) is 4.39 Å². The Balaban J connectivity index is 1.91. The van der Waals surface area contributed by atoms with E-state index in [9.17, 15) is 4.39 Å². The highest BCUT2D eigenvalue weighted by Crippen LogP contribution is 2.29. The lowest BCUT2D eigenvalue weighted by atomic mass is 9.97. The molecule has 0 radical (unpaired) electrons. The minimum Gasteiger partial charge on any atom is -0.380 e. The topological polar surface area (TPSA) is 9.23 Å². The van der Waals surface area contributed by atoms with Gasteiger partial charge in [-0.2, -0.15) is 0 Å². The number of hydrogen-bond donors (Lipinski definition) is 0. The van der Waals surface area contributed by atoms with Crippen LogP contribution in [0.1, 0.15) is 16.7 Å². The molecule has 4 heteroatoms. The second kappa shape index (κ2) is 8.87. The number of halogens is 1. The van der Waals surface area contributed by atoms with Crippen LogP contribution in [0.4, 0.5) is 4.39 Å². The Morgan fingerprint density at radius 2 is 1.46 bits per heavy atom. The van der Waals surface area contributed by atoms with Crippen LogP contribution in [0.2, 0.25) is 0 Å². The van der Waals surface area contributed by atoms with Gasteiger partial charge >= 0.3 is 0 Å². The first kappa shape index (κ1) is 19.2. The molecule has 2 atom stereocenters. The molecule has 3 aromatic rings. The Hall–Kier alpha value is -1.59. The third kappa shape index (κ3) is 4.21. The Morgan fingerprint density at radius 3 is 2.08 bits per heavy atom. The highest BCUT2D eigenvalue weighted by molar-refractivity contribution is 7.15. The van der Waals surface area contributed by atoms with Crippen molar-refractivity contribution in [2.24, 2.45) is 0 Å². The molecular formula is C22H23FOP2. The van der Waals surface area contributed by atoms with E-state index in [0.29, 0.717) is 12.2 Å². The second-order valence-corrected chi connectivity index (χ2v) is 7.03. The number of ether oxygens (including phenoxy) is 1. The first-order chi connectivity index (χ1) is 12.7. The molecule has 1 nitrogen and oxygen atoms in total. The quantitative estimate of drug-likeness (QED) is 0.470. The van der Waals surface area contributed by atoms with Crippen LogP contribution < -0.4 is 0 Å². The van der Waals surface area contributed by atoms with Crippen molar-refractivity contribution in [3.05, 3.63) is 83.2 Å². The van der Waals surface area contributed by atoms with Gasteiger partial charge in [0.05, 0.1) is 6.61 Å². The first-order valence-corrected chi connectivity index (χ1v) is 10.2. The van der Waals surface area contributed by atoms with Crippen LogP contribution in [0.25, 0.3) is 22.3 Å². The van der Waals surface area contributed by atoms with Crippen LogP contribution in [0, 0.1) is 5.82 Å². The van der Waals surface area contributed by atoms with Gasteiger partial charge < -0.3 is 4.74 Å². The van der Waals surface area contributed by atoms with Crippen molar-refractivity contribution < 1.29 is 9.13 Å². The molecule has 0 aliphatic carbocycles. The molecular weight excluding hydrogens is 361 g/mol. The summed E-state index contributed by atoms with van der Waals surface area (Å²) in [6.07, 6.45) is 1.66. The highest BCUT2D eigenvalue weighted by Gasteiger charge is 2.08. The second-order valence-electron chi connectivity index (χ2n) is 6.22. The maximum absolute atomic E-state index is 14.3. The van der Waals surface area contributed by atoms with Crippen molar-refractivity contribution in [2.45, 2.75) is 18.9 Å². The summed E-state index contributed by atoms with van der Waals surface area (Å²) in [7, 11) is 7.09. The molecule has 0 N–H and O–H groups in total. The van der Waals surface area contributed by atoms with Gasteiger partial charge in [-0.1, -0.05) is 48.5 Å². The largest absolute Gasteiger partial charge is 0.380 e. The van der Waals surface area contributed by atoms with Crippen LogP contribution in [-0.4, -0.2) is 7.11 Å². The molecule has 0 saturated heterocycles. The summed E-state index contributed by atoms with van der Waals surface area (Å²) in [6, 6.07) is 19.9. The maximum atomic E-state index is 14.3. The van der Waals surface area contributed by atoms with E-state index in [-0.39, 0.29) is 5.82 Å². The molecule has 0 aromatic heterocycles. The van der Waals surface area contributed by atoms with Crippen molar-refractivity contribution in [2.75, 3.05) is 7.11 Å². The van der Waals surface area contributed by atoms with E-state index in [1.165, 1.54) is 11.1 Å². The highest BCUT2D eigenvalue weighted by atomic mass is 31.0. The van der Waals surface area contributed by atoms with E-state index >= 15 is 0 Å². The van der Waals surface area contributed by atoms with Crippen LogP contribution in [0.15, 0.2) is 60.7 Å². The zero-order valence-corrected chi connectivity index (χ0v) is 17.1. The third-order valence-corrected chi connectivity index (χ3v) is 5.44. The summed E-state index contributed by atoms with van der Waals surface area (Å²) in [5.41, 5.74) is 7.23. The Bertz CT molecular complexity index is 891. The first-order valence-electron chi connectivity index (χ1n) is 8.56. The minimum absolute atomic E-state index is 0.176. The molecule has 3 rings (SSSR count). The van der Waals surface area contributed by atoms with E-state index in [4.69, 9.17) is 4.74 Å². The van der Waals surface area contributed by atoms with Crippen LogP contribution >= 0.6 is 18.5 Å². The van der Waals surface area contributed by atoms with Crippen molar-refractivity contribution in [3.63, 3.8) is 0 Å². The van der Waals surface area contributed by atoms with Crippen LogP contribution in [0.5, 0.6) is 0 Å². The average molecular weight is 384 g/mol. The van der Waals surface area contributed by atoms with Crippen LogP contribution in [0.3, 0.4) is 0 Å². The lowest BCUT2D eigenvalue weighted by Gasteiger charge is -2.11. The molecule has 3 aromatic carbocycles. The molecule has 0 aliphatic heterocycles. The van der Waals surface area contributed by atoms with Gasteiger partial charge in [0.25, 0.3) is 0 Å². The van der Waals surface area contributed by atoms with E-state index < -0.39 is 0 Å². The summed E-state index contributed by atoms with van der Waals surface area (Å²) in [5.74, 6) is -0.176. The van der Waals surface area contributed by atoms with E-state index in [0.717, 1.165) is 34.6 Å². The van der Waals surface area contributed by atoms with E-state index in [1.54, 1.807) is 13.2 Å². The molecule has 0 saturated carbocycles. The molecule has 0 amide bonds. The average Bonchev–Trinajstić information content (AvgIpc) is 2.68. The normalized spacial score (nSPS) is 10.9. The number of benzene rings is 3. The Labute approximate surface area is 159 Å². The zero-order valence-electron chi connectivity index (χ0n) is 14.8. The van der Waals surface area contributed by atoms with Crippen molar-refractivity contribution in [1.82, 2.24) is 0 Å². The zero-order chi connectivity index (χ0) is 18.5. The molecule has 0 fully saturated rings. The lowest BCUT2D eigenvalue weighted by Crippen LogP contribution is -1.94. The molecule has 0 aliphatic rings.